The number of amides is 1. The van der Waals surface area contributed by atoms with E-state index in [9.17, 15) is 14.7 Å². The summed E-state index contributed by atoms with van der Waals surface area (Å²) in [6.07, 6.45) is 1.66. The highest BCUT2D eigenvalue weighted by atomic mass is 35.5. The summed E-state index contributed by atoms with van der Waals surface area (Å²) in [5.74, 6) is -1.18. The predicted molar refractivity (Wildman–Crippen MR) is 79.2 cm³/mol. The predicted octanol–water partition coefficient (Wildman–Crippen LogP) is 2.55. The van der Waals surface area contributed by atoms with E-state index in [0.29, 0.717) is 18.1 Å². The lowest BCUT2D eigenvalue weighted by Gasteiger charge is -2.23. The molecule has 1 aliphatic heterocycles. The summed E-state index contributed by atoms with van der Waals surface area (Å²) in [6, 6.07) is 7.41. The fraction of sp³-hybridized carbons (Fsp3) is 0.500. The summed E-state index contributed by atoms with van der Waals surface area (Å²) in [5.41, 5.74) is 0.542. The number of carboxylic acids is 1. The maximum atomic E-state index is 12.8. The first kappa shape index (κ1) is 14.4. The smallest absolute Gasteiger partial charge is 0.308 e. The van der Waals surface area contributed by atoms with E-state index in [-0.39, 0.29) is 11.8 Å². The Morgan fingerprint density at radius 2 is 1.86 bits per heavy atom. The van der Waals surface area contributed by atoms with Crippen LogP contribution in [0, 0.1) is 11.8 Å². The van der Waals surface area contributed by atoms with E-state index < -0.39 is 17.3 Å². The monoisotopic (exact) mass is 307 g/mol. The molecule has 1 N–H and O–H groups in total. The minimum absolute atomic E-state index is 0.00691. The Morgan fingerprint density at radius 1 is 1.24 bits per heavy atom. The maximum absolute atomic E-state index is 12.8. The minimum atomic E-state index is -0.811. The molecule has 1 aromatic carbocycles. The van der Waals surface area contributed by atoms with Gasteiger partial charge in [0.25, 0.3) is 0 Å². The molecule has 3 rings (SSSR count). The number of aliphatic carboxylic acids is 1. The van der Waals surface area contributed by atoms with Gasteiger partial charge in [0.05, 0.1) is 11.3 Å². The van der Waals surface area contributed by atoms with Crippen LogP contribution in [0.25, 0.3) is 0 Å². The first-order chi connectivity index (χ1) is 9.94. The number of halogens is 1. The number of carboxylic acid groups (broad SMARTS) is 1. The summed E-state index contributed by atoms with van der Waals surface area (Å²) in [4.78, 5) is 25.8. The molecular weight excluding hydrogens is 290 g/mol. The van der Waals surface area contributed by atoms with Gasteiger partial charge in [0.15, 0.2) is 0 Å². The zero-order valence-electron chi connectivity index (χ0n) is 11.9. The molecule has 2 fully saturated rings. The molecule has 0 radical (unpaired) electrons. The average Bonchev–Trinajstić information content (AvgIpc) is 3.16. The highest BCUT2D eigenvalue weighted by Gasteiger charge is 2.54. The number of benzene rings is 1. The number of hydrogen-bond acceptors (Lipinski definition) is 2. The molecule has 1 aromatic rings. The van der Waals surface area contributed by atoms with E-state index in [1.54, 1.807) is 17.0 Å². The van der Waals surface area contributed by atoms with Crippen molar-refractivity contribution in [2.75, 3.05) is 13.1 Å². The van der Waals surface area contributed by atoms with E-state index in [1.165, 1.54) is 0 Å². The SMILES string of the molecule is CC1CN(C(=O)C2(c3ccc(Cl)cc3)CC2)CC1C(=O)O. The van der Waals surface area contributed by atoms with Crippen LogP contribution in [-0.4, -0.2) is 35.0 Å². The van der Waals surface area contributed by atoms with Crippen molar-refractivity contribution in [1.29, 1.82) is 0 Å². The van der Waals surface area contributed by atoms with Crippen molar-refractivity contribution in [2.24, 2.45) is 11.8 Å². The fourth-order valence-electron chi connectivity index (χ4n) is 3.28. The van der Waals surface area contributed by atoms with Crippen molar-refractivity contribution in [3.63, 3.8) is 0 Å². The van der Waals surface area contributed by atoms with Gasteiger partial charge in [-0.15, -0.1) is 0 Å². The Hall–Kier alpha value is -1.55. The van der Waals surface area contributed by atoms with Gasteiger partial charge >= 0.3 is 5.97 Å². The molecule has 1 heterocycles. The van der Waals surface area contributed by atoms with Crippen LogP contribution in [0.4, 0.5) is 0 Å². The molecule has 1 amide bonds. The largest absolute Gasteiger partial charge is 0.481 e. The van der Waals surface area contributed by atoms with Crippen LogP contribution < -0.4 is 0 Å². The molecule has 5 heteroatoms. The summed E-state index contributed by atoms with van der Waals surface area (Å²) in [5, 5.41) is 9.85. The third-order valence-corrected chi connectivity index (χ3v) is 5.02. The molecule has 2 atom stereocenters. The number of likely N-dealkylation sites (tertiary alicyclic amines) is 1. The number of rotatable bonds is 3. The Bertz CT molecular complexity index is 580. The van der Waals surface area contributed by atoms with Crippen LogP contribution in [-0.2, 0) is 15.0 Å². The van der Waals surface area contributed by atoms with Crippen LogP contribution in [0.3, 0.4) is 0 Å². The van der Waals surface area contributed by atoms with Crippen LogP contribution in [0.2, 0.25) is 5.02 Å². The fourth-order valence-corrected chi connectivity index (χ4v) is 3.40. The first-order valence-electron chi connectivity index (χ1n) is 7.22. The van der Waals surface area contributed by atoms with Gasteiger partial charge in [0, 0.05) is 18.1 Å². The van der Waals surface area contributed by atoms with Crippen molar-refractivity contribution >= 4 is 23.5 Å². The van der Waals surface area contributed by atoms with Crippen LogP contribution in [0.1, 0.15) is 25.3 Å². The Balaban J connectivity index is 1.80. The van der Waals surface area contributed by atoms with Gasteiger partial charge in [-0.3, -0.25) is 9.59 Å². The van der Waals surface area contributed by atoms with Crippen LogP contribution in [0.5, 0.6) is 0 Å². The summed E-state index contributed by atoms with van der Waals surface area (Å²) >= 11 is 5.90. The number of carbonyl (C=O) groups excluding carboxylic acids is 1. The van der Waals surface area contributed by atoms with Crippen molar-refractivity contribution in [3.05, 3.63) is 34.9 Å². The molecule has 4 nitrogen and oxygen atoms in total. The van der Waals surface area contributed by atoms with E-state index in [4.69, 9.17) is 11.6 Å². The second kappa shape index (κ2) is 5.02. The molecule has 0 aromatic heterocycles. The van der Waals surface area contributed by atoms with Crippen molar-refractivity contribution in [2.45, 2.75) is 25.2 Å². The molecule has 0 spiro atoms. The summed E-state index contributed by atoms with van der Waals surface area (Å²) in [6.45, 7) is 2.75. The Labute approximate surface area is 128 Å². The normalized spacial score (nSPS) is 26.7. The second-order valence-electron chi connectivity index (χ2n) is 6.22. The quantitative estimate of drug-likeness (QED) is 0.933. The highest BCUT2D eigenvalue weighted by molar-refractivity contribution is 6.30. The lowest BCUT2D eigenvalue weighted by atomic mass is 9.94. The zero-order chi connectivity index (χ0) is 15.2. The van der Waals surface area contributed by atoms with Crippen molar-refractivity contribution in [1.82, 2.24) is 4.90 Å². The molecule has 1 saturated heterocycles. The molecule has 112 valence electrons. The van der Waals surface area contributed by atoms with Crippen molar-refractivity contribution in [3.8, 4) is 0 Å². The van der Waals surface area contributed by atoms with E-state index in [2.05, 4.69) is 0 Å². The lowest BCUT2D eigenvalue weighted by molar-refractivity contribution is -0.142. The Kier molecular flexibility index (Phi) is 3.44. The lowest BCUT2D eigenvalue weighted by Crippen LogP contribution is -2.38. The van der Waals surface area contributed by atoms with Crippen LogP contribution >= 0.6 is 11.6 Å². The van der Waals surface area contributed by atoms with E-state index in [0.717, 1.165) is 18.4 Å². The first-order valence-corrected chi connectivity index (χ1v) is 7.60. The zero-order valence-corrected chi connectivity index (χ0v) is 12.6. The van der Waals surface area contributed by atoms with Crippen LogP contribution in [0.15, 0.2) is 24.3 Å². The molecule has 21 heavy (non-hydrogen) atoms. The third-order valence-electron chi connectivity index (χ3n) is 4.77. The second-order valence-corrected chi connectivity index (χ2v) is 6.66. The maximum Gasteiger partial charge on any atom is 0.308 e. The van der Waals surface area contributed by atoms with E-state index in [1.807, 2.05) is 19.1 Å². The third kappa shape index (κ3) is 2.42. The molecule has 1 aliphatic carbocycles. The summed E-state index contributed by atoms with van der Waals surface area (Å²) in [7, 11) is 0. The van der Waals surface area contributed by atoms with Crippen molar-refractivity contribution < 1.29 is 14.7 Å². The molecule has 1 saturated carbocycles. The molecule has 2 aliphatic rings. The molecule has 2 unspecified atom stereocenters. The highest BCUT2D eigenvalue weighted by Crippen LogP contribution is 2.50. The van der Waals surface area contributed by atoms with E-state index >= 15 is 0 Å². The molecule has 0 bridgehead atoms. The average molecular weight is 308 g/mol. The van der Waals surface area contributed by atoms with Gasteiger partial charge in [0.1, 0.15) is 0 Å². The number of carbonyl (C=O) groups is 2. The summed E-state index contributed by atoms with van der Waals surface area (Å²) < 4.78 is 0. The minimum Gasteiger partial charge on any atom is -0.481 e. The molecular formula is C16H18ClNO3. The standard InChI is InChI=1S/C16H18ClNO3/c1-10-8-18(9-13(10)14(19)20)15(21)16(6-7-16)11-2-4-12(17)5-3-11/h2-5,10,13H,6-9H2,1H3,(H,19,20). The topological polar surface area (TPSA) is 57.6 Å². The van der Waals surface area contributed by atoms with Gasteiger partial charge in [-0.2, -0.15) is 0 Å². The van der Waals surface area contributed by atoms with Gasteiger partial charge in [-0.1, -0.05) is 30.7 Å². The van der Waals surface area contributed by atoms with Gasteiger partial charge in [-0.05, 0) is 36.5 Å². The number of nitrogens with zero attached hydrogens (tertiary/aromatic N) is 1. The van der Waals surface area contributed by atoms with Gasteiger partial charge < -0.3 is 10.0 Å². The Morgan fingerprint density at radius 3 is 2.33 bits per heavy atom. The number of hydrogen-bond donors (Lipinski definition) is 1. The van der Waals surface area contributed by atoms with Gasteiger partial charge in [-0.25, -0.2) is 0 Å². The van der Waals surface area contributed by atoms with Gasteiger partial charge in [0.2, 0.25) is 5.91 Å².